The summed E-state index contributed by atoms with van der Waals surface area (Å²) in [4.78, 5) is 16.3. The largest absolute Gasteiger partial charge is 0.444 e. The summed E-state index contributed by atoms with van der Waals surface area (Å²) >= 11 is 9.81. The molecule has 0 N–H and O–H groups in total. The number of amides is 1. The van der Waals surface area contributed by atoms with E-state index in [0.717, 1.165) is 28.9 Å². The SMILES string of the molecule is CC(C)(C)OC(=O)N1CC(N2CCCc3cc(Cl)cc(Br)c32)C1. The van der Waals surface area contributed by atoms with E-state index in [2.05, 4.69) is 26.9 Å². The molecule has 6 heteroatoms. The first-order valence-electron chi connectivity index (χ1n) is 7.97. The molecule has 126 valence electrons. The first-order chi connectivity index (χ1) is 10.7. The predicted octanol–water partition coefficient (Wildman–Crippen LogP) is 4.47. The molecule has 2 aliphatic heterocycles. The van der Waals surface area contributed by atoms with Crippen molar-refractivity contribution in [2.45, 2.75) is 45.3 Å². The van der Waals surface area contributed by atoms with Crippen LogP contribution in [0.15, 0.2) is 16.6 Å². The van der Waals surface area contributed by atoms with Crippen LogP contribution < -0.4 is 4.90 Å². The van der Waals surface area contributed by atoms with Crippen molar-refractivity contribution in [3.05, 3.63) is 27.2 Å². The van der Waals surface area contributed by atoms with Gasteiger partial charge in [0.1, 0.15) is 5.60 Å². The molecule has 0 aromatic heterocycles. The van der Waals surface area contributed by atoms with Crippen LogP contribution in [0.5, 0.6) is 0 Å². The molecular formula is C17H22BrClN2O2. The van der Waals surface area contributed by atoms with Crippen LogP contribution in [0, 0.1) is 0 Å². The van der Waals surface area contributed by atoms with Crippen LogP contribution in [0.25, 0.3) is 0 Å². The van der Waals surface area contributed by atoms with Crippen molar-refractivity contribution in [2.75, 3.05) is 24.5 Å². The summed E-state index contributed by atoms with van der Waals surface area (Å²) in [5, 5.41) is 0.765. The van der Waals surface area contributed by atoms with Gasteiger partial charge in [0.15, 0.2) is 0 Å². The fraction of sp³-hybridized carbons (Fsp3) is 0.588. The molecule has 0 atom stereocenters. The average Bonchev–Trinajstić information content (AvgIpc) is 2.33. The number of fused-ring (bicyclic) bond motifs is 1. The van der Waals surface area contributed by atoms with Crippen LogP contribution in [0.3, 0.4) is 0 Å². The Morgan fingerprint density at radius 3 is 2.70 bits per heavy atom. The number of anilines is 1. The van der Waals surface area contributed by atoms with Crippen molar-refractivity contribution < 1.29 is 9.53 Å². The molecular weight excluding hydrogens is 380 g/mol. The van der Waals surface area contributed by atoms with Gasteiger partial charge in [0, 0.05) is 29.1 Å². The highest BCUT2D eigenvalue weighted by molar-refractivity contribution is 9.10. The molecule has 0 radical (unpaired) electrons. The van der Waals surface area contributed by atoms with Gasteiger partial charge in [-0.15, -0.1) is 0 Å². The molecule has 1 fully saturated rings. The minimum atomic E-state index is -0.445. The zero-order valence-corrected chi connectivity index (χ0v) is 16.1. The molecule has 2 aliphatic rings. The Morgan fingerprint density at radius 2 is 2.04 bits per heavy atom. The average molecular weight is 402 g/mol. The molecule has 0 aliphatic carbocycles. The van der Waals surface area contributed by atoms with Gasteiger partial charge in [-0.1, -0.05) is 11.6 Å². The third-order valence-electron chi connectivity index (χ3n) is 4.19. The van der Waals surface area contributed by atoms with Gasteiger partial charge in [0.25, 0.3) is 0 Å². The Kier molecular flexibility index (Phi) is 4.53. The number of nitrogens with zero attached hydrogens (tertiary/aromatic N) is 2. The summed E-state index contributed by atoms with van der Waals surface area (Å²) in [5.74, 6) is 0. The second kappa shape index (κ2) is 6.17. The molecule has 0 unspecified atom stereocenters. The standard InChI is InChI=1S/C17H22BrClN2O2/c1-17(2,3)23-16(22)20-9-13(10-20)21-6-4-5-11-7-12(19)8-14(18)15(11)21/h7-8,13H,4-6,9-10H2,1-3H3. The van der Waals surface area contributed by atoms with E-state index < -0.39 is 5.60 Å². The molecule has 1 aromatic rings. The van der Waals surface area contributed by atoms with Crippen LogP contribution in [0.2, 0.25) is 5.02 Å². The van der Waals surface area contributed by atoms with Crippen molar-refractivity contribution >= 4 is 39.3 Å². The van der Waals surface area contributed by atoms with Crippen LogP contribution in [-0.4, -0.2) is 42.3 Å². The van der Waals surface area contributed by atoms with Crippen LogP contribution in [0.4, 0.5) is 10.5 Å². The molecule has 4 nitrogen and oxygen atoms in total. The van der Waals surface area contributed by atoms with Gasteiger partial charge in [0.2, 0.25) is 0 Å². The molecule has 1 amide bonds. The second-order valence-corrected chi connectivity index (χ2v) is 8.52. The third kappa shape index (κ3) is 3.61. The number of likely N-dealkylation sites (tertiary alicyclic amines) is 1. The number of carbonyl (C=O) groups excluding carboxylic acids is 1. The number of carbonyl (C=O) groups is 1. The lowest BCUT2D eigenvalue weighted by Crippen LogP contribution is -2.62. The van der Waals surface area contributed by atoms with Gasteiger partial charge in [-0.3, -0.25) is 0 Å². The lowest BCUT2D eigenvalue weighted by atomic mass is 9.97. The van der Waals surface area contributed by atoms with Crippen molar-refractivity contribution in [1.82, 2.24) is 4.90 Å². The van der Waals surface area contributed by atoms with Gasteiger partial charge < -0.3 is 14.5 Å². The lowest BCUT2D eigenvalue weighted by molar-refractivity contribution is 0.00801. The molecule has 1 aromatic carbocycles. The summed E-state index contributed by atoms with van der Waals surface area (Å²) in [6.07, 6.45) is 1.94. The maximum absolute atomic E-state index is 12.1. The van der Waals surface area contributed by atoms with E-state index in [1.54, 1.807) is 4.90 Å². The normalized spacial score (nSPS) is 18.5. The lowest BCUT2D eigenvalue weighted by Gasteiger charge is -2.48. The summed E-state index contributed by atoms with van der Waals surface area (Å²) in [6.45, 7) is 8.12. The second-order valence-electron chi connectivity index (χ2n) is 7.23. The smallest absolute Gasteiger partial charge is 0.410 e. The Morgan fingerprint density at radius 1 is 1.35 bits per heavy atom. The number of hydrogen-bond acceptors (Lipinski definition) is 3. The first-order valence-corrected chi connectivity index (χ1v) is 9.14. The summed E-state index contributed by atoms with van der Waals surface area (Å²) in [7, 11) is 0. The molecule has 0 saturated carbocycles. The zero-order chi connectivity index (χ0) is 16.8. The van der Waals surface area contributed by atoms with Crippen molar-refractivity contribution in [2.24, 2.45) is 0 Å². The molecule has 2 heterocycles. The molecule has 23 heavy (non-hydrogen) atoms. The Labute approximate surface area is 150 Å². The van der Waals surface area contributed by atoms with E-state index in [1.807, 2.05) is 26.8 Å². The van der Waals surface area contributed by atoms with Gasteiger partial charge in [-0.25, -0.2) is 4.79 Å². The van der Waals surface area contributed by atoms with Gasteiger partial charge >= 0.3 is 6.09 Å². The number of rotatable bonds is 1. The summed E-state index contributed by atoms with van der Waals surface area (Å²) < 4.78 is 6.47. The van der Waals surface area contributed by atoms with Gasteiger partial charge in [-0.2, -0.15) is 0 Å². The molecule has 1 saturated heterocycles. The first kappa shape index (κ1) is 16.9. The van der Waals surface area contributed by atoms with Crippen molar-refractivity contribution in [1.29, 1.82) is 0 Å². The quantitative estimate of drug-likeness (QED) is 0.696. The molecule has 0 spiro atoms. The number of ether oxygens (including phenoxy) is 1. The molecule has 3 rings (SSSR count). The van der Waals surface area contributed by atoms with E-state index in [9.17, 15) is 4.79 Å². The zero-order valence-electron chi connectivity index (χ0n) is 13.7. The number of hydrogen-bond donors (Lipinski definition) is 0. The monoisotopic (exact) mass is 400 g/mol. The van der Waals surface area contributed by atoms with Crippen molar-refractivity contribution in [3.63, 3.8) is 0 Å². The highest BCUT2D eigenvalue weighted by atomic mass is 79.9. The highest BCUT2D eigenvalue weighted by Crippen LogP contribution is 2.39. The third-order valence-corrected chi connectivity index (χ3v) is 5.02. The van der Waals surface area contributed by atoms with E-state index in [0.29, 0.717) is 19.1 Å². The van der Waals surface area contributed by atoms with E-state index in [-0.39, 0.29) is 6.09 Å². The minimum Gasteiger partial charge on any atom is -0.444 e. The summed E-state index contributed by atoms with van der Waals surface area (Å²) in [5.41, 5.74) is 2.07. The topological polar surface area (TPSA) is 32.8 Å². The number of halogens is 2. The fourth-order valence-electron chi connectivity index (χ4n) is 3.18. The number of aryl methyl sites for hydroxylation is 1. The van der Waals surface area contributed by atoms with E-state index in [4.69, 9.17) is 16.3 Å². The molecule has 0 bridgehead atoms. The summed E-state index contributed by atoms with van der Waals surface area (Å²) in [6, 6.07) is 4.35. The van der Waals surface area contributed by atoms with E-state index >= 15 is 0 Å². The van der Waals surface area contributed by atoms with Crippen LogP contribution >= 0.6 is 27.5 Å². The highest BCUT2D eigenvalue weighted by Gasteiger charge is 2.39. The number of benzene rings is 1. The maximum Gasteiger partial charge on any atom is 0.410 e. The maximum atomic E-state index is 12.1. The predicted molar refractivity (Wildman–Crippen MR) is 96.4 cm³/mol. The fourth-order valence-corrected chi connectivity index (χ4v) is 4.28. The van der Waals surface area contributed by atoms with Crippen molar-refractivity contribution in [3.8, 4) is 0 Å². The van der Waals surface area contributed by atoms with E-state index in [1.165, 1.54) is 11.3 Å². The minimum absolute atomic E-state index is 0.221. The Bertz CT molecular complexity index is 624. The Balaban J connectivity index is 1.69. The van der Waals surface area contributed by atoms with Crippen LogP contribution in [0.1, 0.15) is 32.8 Å². The van der Waals surface area contributed by atoms with Gasteiger partial charge in [0.05, 0.1) is 11.7 Å². The Hall–Kier alpha value is -0.940. The van der Waals surface area contributed by atoms with Crippen LogP contribution in [-0.2, 0) is 11.2 Å². The van der Waals surface area contributed by atoms with Gasteiger partial charge in [-0.05, 0) is 67.2 Å².